The molecule has 1 atom stereocenters. The lowest BCUT2D eigenvalue weighted by atomic mass is 10.1. The number of carbonyl (C=O) groups is 1. The normalized spacial score (nSPS) is 14.4. The molecule has 0 spiro atoms. The van der Waals surface area contributed by atoms with Gasteiger partial charge in [-0.05, 0) is 62.4 Å². The van der Waals surface area contributed by atoms with Gasteiger partial charge in [-0.15, -0.1) is 10.2 Å². The molecule has 4 rings (SSSR count). The zero-order valence-electron chi connectivity index (χ0n) is 18.9. The molecule has 0 radical (unpaired) electrons. The Labute approximate surface area is 193 Å². The molecule has 1 aromatic heterocycles. The van der Waals surface area contributed by atoms with Crippen LogP contribution in [-0.4, -0.2) is 55.1 Å². The smallest absolute Gasteiger partial charge is 0.265 e. The number of rotatable bonds is 8. The zero-order valence-corrected chi connectivity index (χ0v) is 18.9. The molecule has 0 bridgehead atoms. The standard InChI is InChI=1S/C25H28N4O4/c1-3-32-21-7-9-22(10-8-21)33-18(2)25(30)26-20-6-4-5-19(17-20)23-11-12-24(28-27-23)29-13-15-31-16-14-29/h4-12,17-18H,3,13-16H2,1-2H3,(H,26,30). The van der Waals surface area contributed by atoms with Crippen LogP contribution in [0.25, 0.3) is 11.3 Å². The van der Waals surface area contributed by atoms with E-state index in [-0.39, 0.29) is 5.91 Å². The minimum Gasteiger partial charge on any atom is -0.494 e. The van der Waals surface area contributed by atoms with Crippen LogP contribution in [0.2, 0.25) is 0 Å². The quantitative estimate of drug-likeness (QED) is 0.561. The number of hydrogen-bond acceptors (Lipinski definition) is 7. The molecular weight excluding hydrogens is 420 g/mol. The largest absolute Gasteiger partial charge is 0.494 e. The van der Waals surface area contributed by atoms with Crippen LogP contribution in [0.3, 0.4) is 0 Å². The Morgan fingerprint density at radius 2 is 1.82 bits per heavy atom. The van der Waals surface area contributed by atoms with E-state index in [1.807, 2.05) is 55.5 Å². The third-order valence-corrected chi connectivity index (χ3v) is 5.23. The van der Waals surface area contributed by atoms with Crippen molar-refractivity contribution in [1.29, 1.82) is 0 Å². The number of aromatic nitrogens is 2. The van der Waals surface area contributed by atoms with Gasteiger partial charge in [-0.1, -0.05) is 12.1 Å². The molecule has 1 fully saturated rings. The van der Waals surface area contributed by atoms with Gasteiger partial charge in [0, 0.05) is 24.3 Å². The second-order valence-corrected chi connectivity index (χ2v) is 7.61. The van der Waals surface area contributed by atoms with E-state index in [4.69, 9.17) is 14.2 Å². The SMILES string of the molecule is CCOc1ccc(OC(C)C(=O)Nc2cccc(-c3ccc(N4CCOCC4)nn3)c2)cc1. The lowest BCUT2D eigenvalue weighted by molar-refractivity contribution is -0.122. The van der Waals surface area contributed by atoms with Crippen LogP contribution in [0.5, 0.6) is 11.5 Å². The third kappa shape index (κ3) is 5.98. The molecule has 1 aliphatic heterocycles. The Hall–Kier alpha value is -3.65. The van der Waals surface area contributed by atoms with Gasteiger partial charge in [-0.2, -0.15) is 0 Å². The van der Waals surface area contributed by atoms with Gasteiger partial charge in [0.15, 0.2) is 11.9 Å². The topological polar surface area (TPSA) is 85.8 Å². The number of benzene rings is 2. The second-order valence-electron chi connectivity index (χ2n) is 7.61. The first-order chi connectivity index (χ1) is 16.1. The fraction of sp³-hybridized carbons (Fsp3) is 0.320. The Morgan fingerprint density at radius 1 is 1.06 bits per heavy atom. The first-order valence-corrected chi connectivity index (χ1v) is 11.1. The highest BCUT2D eigenvalue weighted by Gasteiger charge is 2.16. The number of nitrogens with zero attached hydrogens (tertiary/aromatic N) is 3. The highest BCUT2D eigenvalue weighted by Crippen LogP contribution is 2.23. The van der Waals surface area contributed by atoms with Crippen molar-refractivity contribution in [3.05, 3.63) is 60.7 Å². The van der Waals surface area contributed by atoms with E-state index in [1.54, 1.807) is 19.1 Å². The lowest BCUT2D eigenvalue weighted by Crippen LogP contribution is -2.36. The summed E-state index contributed by atoms with van der Waals surface area (Å²) in [5.41, 5.74) is 2.27. The molecule has 1 aliphatic rings. The number of carbonyl (C=O) groups excluding carboxylic acids is 1. The predicted molar refractivity (Wildman–Crippen MR) is 127 cm³/mol. The molecule has 1 N–H and O–H groups in total. The van der Waals surface area contributed by atoms with E-state index in [1.165, 1.54) is 0 Å². The van der Waals surface area contributed by atoms with Gasteiger partial charge in [0.05, 0.1) is 25.5 Å². The number of morpholine rings is 1. The summed E-state index contributed by atoms with van der Waals surface area (Å²) in [6.45, 7) is 7.27. The highest BCUT2D eigenvalue weighted by molar-refractivity contribution is 5.94. The molecule has 3 aromatic rings. The van der Waals surface area contributed by atoms with Gasteiger partial charge in [0.1, 0.15) is 11.5 Å². The Kier molecular flexibility index (Phi) is 7.36. The number of anilines is 2. The third-order valence-electron chi connectivity index (χ3n) is 5.23. The summed E-state index contributed by atoms with van der Waals surface area (Å²) in [5.74, 6) is 1.96. The molecule has 0 aliphatic carbocycles. The van der Waals surface area contributed by atoms with Crippen LogP contribution < -0.4 is 19.7 Å². The van der Waals surface area contributed by atoms with Crippen molar-refractivity contribution in [1.82, 2.24) is 10.2 Å². The van der Waals surface area contributed by atoms with E-state index >= 15 is 0 Å². The summed E-state index contributed by atoms with van der Waals surface area (Å²) in [7, 11) is 0. The molecule has 1 unspecified atom stereocenters. The van der Waals surface area contributed by atoms with E-state index in [2.05, 4.69) is 20.4 Å². The molecule has 33 heavy (non-hydrogen) atoms. The van der Waals surface area contributed by atoms with Crippen LogP contribution in [0.4, 0.5) is 11.5 Å². The van der Waals surface area contributed by atoms with Crippen molar-refractivity contribution < 1.29 is 19.0 Å². The van der Waals surface area contributed by atoms with Crippen LogP contribution >= 0.6 is 0 Å². The summed E-state index contributed by atoms with van der Waals surface area (Å²) in [6.07, 6.45) is -0.667. The minimum absolute atomic E-state index is 0.241. The van der Waals surface area contributed by atoms with E-state index < -0.39 is 6.10 Å². The van der Waals surface area contributed by atoms with Crippen LogP contribution in [0.15, 0.2) is 60.7 Å². The number of nitrogens with one attached hydrogen (secondary N) is 1. The zero-order chi connectivity index (χ0) is 23.0. The summed E-state index contributed by atoms with van der Waals surface area (Å²) in [5, 5.41) is 11.6. The maximum atomic E-state index is 12.6. The Morgan fingerprint density at radius 3 is 2.52 bits per heavy atom. The van der Waals surface area contributed by atoms with Crippen molar-refractivity contribution in [2.75, 3.05) is 43.1 Å². The average Bonchev–Trinajstić information content (AvgIpc) is 2.86. The molecule has 1 saturated heterocycles. The van der Waals surface area contributed by atoms with E-state index in [0.29, 0.717) is 31.3 Å². The molecule has 172 valence electrons. The van der Waals surface area contributed by atoms with Crippen LogP contribution in [0.1, 0.15) is 13.8 Å². The first kappa shape index (κ1) is 22.5. The minimum atomic E-state index is -0.667. The van der Waals surface area contributed by atoms with Gasteiger partial charge in [-0.3, -0.25) is 4.79 Å². The summed E-state index contributed by atoms with van der Waals surface area (Å²) in [6, 6.07) is 18.6. The molecule has 8 heteroatoms. The summed E-state index contributed by atoms with van der Waals surface area (Å²) < 4.78 is 16.6. The fourth-order valence-electron chi connectivity index (χ4n) is 3.48. The van der Waals surface area contributed by atoms with Gasteiger partial charge in [0.2, 0.25) is 0 Å². The van der Waals surface area contributed by atoms with Crippen LogP contribution in [-0.2, 0) is 9.53 Å². The second kappa shape index (κ2) is 10.8. The van der Waals surface area contributed by atoms with Gasteiger partial charge in [0.25, 0.3) is 5.91 Å². The van der Waals surface area contributed by atoms with Crippen LogP contribution in [0, 0.1) is 0 Å². The number of ether oxygens (including phenoxy) is 3. The molecule has 0 saturated carbocycles. The maximum Gasteiger partial charge on any atom is 0.265 e. The molecular formula is C25H28N4O4. The lowest BCUT2D eigenvalue weighted by Gasteiger charge is -2.27. The summed E-state index contributed by atoms with van der Waals surface area (Å²) >= 11 is 0. The van der Waals surface area contributed by atoms with E-state index in [0.717, 1.165) is 35.9 Å². The average molecular weight is 449 g/mol. The Balaban J connectivity index is 1.37. The Bertz CT molecular complexity index is 1050. The highest BCUT2D eigenvalue weighted by atomic mass is 16.5. The van der Waals surface area contributed by atoms with Crippen molar-refractivity contribution >= 4 is 17.4 Å². The number of hydrogen-bond donors (Lipinski definition) is 1. The molecule has 8 nitrogen and oxygen atoms in total. The fourth-order valence-corrected chi connectivity index (χ4v) is 3.48. The summed E-state index contributed by atoms with van der Waals surface area (Å²) in [4.78, 5) is 14.8. The van der Waals surface area contributed by atoms with E-state index in [9.17, 15) is 4.79 Å². The van der Waals surface area contributed by atoms with Crippen molar-refractivity contribution in [3.63, 3.8) is 0 Å². The number of amides is 1. The van der Waals surface area contributed by atoms with Crippen molar-refractivity contribution in [2.24, 2.45) is 0 Å². The van der Waals surface area contributed by atoms with Gasteiger partial charge in [-0.25, -0.2) is 0 Å². The molecule has 2 heterocycles. The van der Waals surface area contributed by atoms with Crippen molar-refractivity contribution in [3.8, 4) is 22.8 Å². The maximum absolute atomic E-state index is 12.6. The van der Waals surface area contributed by atoms with Gasteiger partial charge >= 0.3 is 0 Å². The predicted octanol–water partition coefficient (Wildman–Crippen LogP) is 3.78. The van der Waals surface area contributed by atoms with Crippen molar-refractivity contribution in [2.45, 2.75) is 20.0 Å². The monoisotopic (exact) mass is 448 g/mol. The molecule has 1 amide bonds. The molecule has 2 aromatic carbocycles. The van der Waals surface area contributed by atoms with Gasteiger partial charge < -0.3 is 24.4 Å². The first-order valence-electron chi connectivity index (χ1n) is 11.1.